The van der Waals surface area contributed by atoms with Gasteiger partial charge in [0.05, 0.1) is 36.9 Å². The second-order valence-electron chi connectivity index (χ2n) is 9.95. The topological polar surface area (TPSA) is 101 Å². The highest BCUT2D eigenvalue weighted by Crippen LogP contribution is 2.35. The van der Waals surface area contributed by atoms with Gasteiger partial charge in [-0.3, -0.25) is 4.79 Å². The third-order valence-electron chi connectivity index (χ3n) is 6.60. The van der Waals surface area contributed by atoms with E-state index in [-0.39, 0.29) is 24.7 Å². The van der Waals surface area contributed by atoms with E-state index in [0.29, 0.717) is 51.5 Å². The third kappa shape index (κ3) is 7.25. The summed E-state index contributed by atoms with van der Waals surface area (Å²) in [6, 6.07) is 14.7. The highest BCUT2D eigenvalue weighted by molar-refractivity contribution is 9.10. The first-order chi connectivity index (χ1) is 20.7. The van der Waals surface area contributed by atoms with E-state index in [1.807, 2.05) is 45.0 Å². The summed E-state index contributed by atoms with van der Waals surface area (Å²) in [4.78, 5) is 30.6. The molecule has 0 unspecified atom stereocenters. The molecule has 0 radical (unpaired) electrons. The Morgan fingerprint density at radius 1 is 0.977 bits per heavy atom. The number of para-hydroxylation sites is 1. The normalized spacial score (nSPS) is 11.3. The lowest BCUT2D eigenvalue weighted by molar-refractivity contribution is -0.145. The molecule has 0 fully saturated rings. The summed E-state index contributed by atoms with van der Waals surface area (Å²) in [6.45, 7) is 12.6. The lowest BCUT2D eigenvalue weighted by Gasteiger charge is -2.18. The molecule has 0 saturated heterocycles. The minimum absolute atomic E-state index is 0.183. The van der Waals surface area contributed by atoms with Gasteiger partial charge in [-0.05, 0) is 97.1 Å². The van der Waals surface area contributed by atoms with Crippen molar-refractivity contribution in [2.24, 2.45) is 5.10 Å². The van der Waals surface area contributed by atoms with Gasteiger partial charge in [0.25, 0.3) is 5.56 Å². The summed E-state index contributed by atoms with van der Waals surface area (Å²) < 4.78 is 24.3. The molecule has 1 aromatic heterocycles. The Kier molecular flexibility index (Phi) is 10.6. The van der Waals surface area contributed by atoms with Crippen molar-refractivity contribution < 1.29 is 23.7 Å². The second kappa shape index (κ2) is 14.3. The average Bonchev–Trinajstić information content (AvgIpc) is 2.97. The fraction of sp³-hybridized carbons (Fsp3) is 0.333. The standard InChI is InChI=1S/C33H36BrN3O6/c1-7-40-28-14-21(6)25(16-24(28)20(4)5)32-36-27-13-11-10-12-23(27)33(39)37(32)35-18-22-15-29(41-8-2)30(17-26(22)34)43-19-31(38)42-9-3/h10-18,20H,7-9,19H2,1-6H3. The highest BCUT2D eigenvalue weighted by atomic mass is 79.9. The minimum atomic E-state index is -0.479. The van der Waals surface area contributed by atoms with Crippen molar-refractivity contribution in [3.05, 3.63) is 80.0 Å². The van der Waals surface area contributed by atoms with Crippen LogP contribution in [-0.4, -0.2) is 48.3 Å². The quantitative estimate of drug-likeness (QED) is 0.122. The Morgan fingerprint density at radius 3 is 2.37 bits per heavy atom. The number of fused-ring (bicyclic) bond motifs is 1. The Morgan fingerprint density at radius 2 is 1.67 bits per heavy atom. The molecule has 0 aliphatic carbocycles. The second-order valence-corrected chi connectivity index (χ2v) is 10.8. The van der Waals surface area contributed by atoms with Crippen LogP contribution in [-0.2, 0) is 9.53 Å². The molecule has 0 spiro atoms. The van der Waals surface area contributed by atoms with E-state index in [9.17, 15) is 9.59 Å². The van der Waals surface area contributed by atoms with E-state index in [0.717, 1.165) is 22.4 Å². The maximum atomic E-state index is 13.8. The van der Waals surface area contributed by atoms with E-state index in [2.05, 4.69) is 34.9 Å². The summed E-state index contributed by atoms with van der Waals surface area (Å²) in [6.07, 6.45) is 1.57. The van der Waals surface area contributed by atoms with Crippen LogP contribution in [0.3, 0.4) is 0 Å². The molecule has 4 rings (SSSR count). The zero-order valence-electron chi connectivity index (χ0n) is 25.3. The van der Waals surface area contributed by atoms with Crippen LogP contribution in [0, 0.1) is 6.92 Å². The van der Waals surface area contributed by atoms with Crippen molar-refractivity contribution in [2.45, 2.75) is 47.5 Å². The number of hydrogen-bond donors (Lipinski definition) is 0. The smallest absolute Gasteiger partial charge is 0.344 e. The molecule has 226 valence electrons. The van der Waals surface area contributed by atoms with Crippen LogP contribution in [0.4, 0.5) is 0 Å². The minimum Gasteiger partial charge on any atom is -0.494 e. The van der Waals surface area contributed by atoms with Gasteiger partial charge < -0.3 is 18.9 Å². The Labute approximate surface area is 259 Å². The number of rotatable bonds is 12. The molecule has 0 aliphatic rings. The van der Waals surface area contributed by atoms with Crippen LogP contribution in [0.2, 0.25) is 0 Å². The number of ether oxygens (including phenoxy) is 4. The number of aromatic nitrogens is 2. The number of nitrogens with zero attached hydrogens (tertiary/aromatic N) is 3. The van der Waals surface area contributed by atoms with Crippen molar-refractivity contribution in [2.75, 3.05) is 26.4 Å². The molecular weight excluding hydrogens is 614 g/mol. The number of hydrogen-bond acceptors (Lipinski definition) is 8. The zero-order valence-corrected chi connectivity index (χ0v) is 26.9. The maximum absolute atomic E-state index is 13.8. The largest absolute Gasteiger partial charge is 0.494 e. The molecule has 0 aliphatic heterocycles. The summed E-state index contributed by atoms with van der Waals surface area (Å²) >= 11 is 3.57. The zero-order chi connectivity index (χ0) is 31.1. The summed E-state index contributed by atoms with van der Waals surface area (Å²) in [7, 11) is 0. The number of benzene rings is 3. The van der Waals surface area contributed by atoms with Crippen LogP contribution in [0.25, 0.3) is 22.3 Å². The monoisotopic (exact) mass is 649 g/mol. The van der Waals surface area contributed by atoms with Gasteiger partial charge in [0.1, 0.15) is 5.75 Å². The number of esters is 1. The molecule has 0 bridgehead atoms. The van der Waals surface area contributed by atoms with Crippen molar-refractivity contribution in [1.29, 1.82) is 0 Å². The van der Waals surface area contributed by atoms with Gasteiger partial charge in [0.15, 0.2) is 23.9 Å². The molecule has 0 amide bonds. The lowest BCUT2D eigenvalue weighted by atomic mass is 9.96. The van der Waals surface area contributed by atoms with E-state index < -0.39 is 5.97 Å². The molecule has 10 heteroatoms. The van der Waals surface area contributed by atoms with E-state index in [4.69, 9.17) is 23.9 Å². The molecule has 9 nitrogen and oxygen atoms in total. The molecular formula is C33H36BrN3O6. The third-order valence-corrected chi connectivity index (χ3v) is 7.29. The van der Waals surface area contributed by atoms with E-state index >= 15 is 0 Å². The van der Waals surface area contributed by atoms with E-state index in [1.54, 1.807) is 37.4 Å². The van der Waals surface area contributed by atoms with Gasteiger partial charge in [0, 0.05) is 15.6 Å². The van der Waals surface area contributed by atoms with Crippen LogP contribution in [0.15, 0.2) is 62.9 Å². The molecule has 0 atom stereocenters. The van der Waals surface area contributed by atoms with Gasteiger partial charge in [-0.2, -0.15) is 9.78 Å². The molecule has 43 heavy (non-hydrogen) atoms. The first-order valence-corrected chi connectivity index (χ1v) is 15.1. The van der Waals surface area contributed by atoms with Crippen LogP contribution < -0.4 is 19.8 Å². The van der Waals surface area contributed by atoms with Gasteiger partial charge in [-0.25, -0.2) is 9.78 Å². The first-order valence-electron chi connectivity index (χ1n) is 14.3. The summed E-state index contributed by atoms with van der Waals surface area (Å²) in [5, 5.41) is 5.10. The molecule has 0 N–H and O–H groups in total. The number of carbonyl (C=O) groups is 1. The van der Waals surface area contributed by atoms with Crippen LogP contribution in [0.1, 0.15) is 57.2 Å². The Bertz CT molecular complexity index is 1710. The fourth-order valence-corrected chi connectivity index (χ4v) is 4.99. The van der Waals surface area contributed by atoms with Crippen molar-refractivity contribution in [3.8, 4) is 28.6 Å². The van der Waals surface area contributed by atoms with Gasteiger partial charge in [-0.1, -0.05) is 26.0 Å². The highest BCUT2D eigenvalue weighted by Gasteiger charge is 2.19. The van der Waals surface area contributed by atoms with Crippen LogP contribution in [0.5, 0.6) is 17.2 Å². The SMILES string of the molecule is CCOC(=O)COc1cc(Br)c(C=Nn2c(-c3cc(C(C)C)c(OCC)cc3C)nc3ccccc3c2=O)cc1OCC. The lowest BCUT2D eigenvalue weighted by Crippen LogP contribution is -2.21. The maximum Gasteiger partial charge on any atom is 0.344 e. The van der Waals surface area contributed by atoms with Crippen molar-refractivity contribution in [3.63, 3.8) is 0 Å². The van der Waals surface area contributed by atoms with Crippen molar-refractivity contribution in [1.82, 2.24) is 9.66 Å². The molecule has 4 aromatic rings. The Hall–Kier alpha value is -4.18. The fourth-order valence-electron chi connectivity index (χ4n) is 4.57. The summed E-state index contributed by atoms with van der Waals surface area (Å²) in [5.74, 6) is 1.72. The molecule has 0 saturated carbocycles. The number of carbonyl (C=O) groups excluding carboxylic acids is 1. The van der Waals surface area contributed by atoms with Crippen LogP contribution >= 0.6 is 15.9 Å². The molecule has 3 aromatic carbocycles. The van der Waals surface area contributed by atoms with Gasteiger partial charge in [0.2, 0.25) is 0 Å². The Balaban J connectivity index is 1.85. The van der Waals surface area contributed by atoms with Crippen molar-refractivity contribution >= 4 is 39.0 Å². The predicted molar refractivity (Wildman–Crippen MR) is 172 cm³/mol. The number of aryl methyl sites for hydroxylation is 1. The summed E-state index contributed by atoms with van der Waals surface area (Å²) in [5.41, 5.74) is 3.61. The number of halogens is 1. The van der Waals surface area contributed by atoms with Gasteiger partial charge >= 0.3 is 5.97 Å². The van der Waals surface area contributed by atoms with Gasteiger partial charge in [-0.15, -0.1) is 0 Å². The van der Waals surface area contributed by atoms with E-state index in [1.165, 1.54) is 4.68 Å². The first kappa shape index (κ1) is 31.7. The predicted octanol–water partition coefficient (Wildman–Crippen LogP) is 6.88. The molecule has 1 heterocycles. The average molecular weight is 651 g/mol.